The molecule has 0 saturated carbocycles. The predicted molar refractivity (Wildman–Crippen MR) is 74.9 cm³/mol. The minimum absolute atomic E-state index is 0.240. The molecule has 3 nitrogen and oxygen atoms in total. The van der Waals surface area contributed by atoms with Crippen LogP contribution in [0.3, 0.4) is 0 Å². The van der Waals surface area contributed by atoms with Crippen molar-refractivity contribution in [3.05, 3.63) is 47.3 Å². The van der Waals surface area contributed by atoms with E-state index in [9.17, 15) is 5.11 Å². The molecule has 0 spiro atoms. The van der Waals surface area contributed by atoms with Gasteiger partial charge in [-0.05, 0) is 39.0 Å². The van der Waals surface area contributed by atoms with Crippen LogP contribution in [0.5, 0.6) is 5.75 Å². The van der Waals surface area contributed by atoms with Crippen molar-refractivity contribution in [2.75, 3.05) is 0 Å². The summed E-state index contributed by atoms with van der Waals surface area (Å²) in [6, 6.07) is 9.08. The zero-order valence-corrected chi connectivity index (χ0v) is 11.0. The molecular formula is C15H18N2O. The highest BCUT2D eigenvalue weighted by molar-refractivity contribution is 5.84. The standard InChI is InChI=1S/C15H18N2O/c1-4-17-11(2)8-13(12(17)3)10-16-14-6-5-7-15(18)9-14/h5-10,18H,4H2,1-3H3. The number of phenols is 1. The van der Waals surface area contributed by atoms with Crippen molar-refractivity contribution in [1.82, 2.24) is 4.57 Å². The molecule has 18 heavy (non-hydrogen) atoms. The van der Waals surface area contributed by atoms with Crippen molar-refractivity contribution >= 4 is 11.9 Å². The summed E-state index contributed by atoms with van der Waals surface area (Å²) in [7, 11) is 0. The molecule has 0 unspecified atom stereocenters. The van der Waals surface area contributed by atoms with E-state index < -0.39 is 0 Å². The summed E-state index contributed by atoms with van der Waals surface area (Å²) >= 11 is 0. The number of aryl methyl sites for hydroxylation is 1. The van der Waals surface area contributed by atoms with Crippen LogP contribution < -0.4 is 0 Å². The lowest BCUT2D eigenvalue weighted by molar-refractivity contribution is 0.475. The Morgan fingerprint density at radius 2 is 2.06 bits per heavy atom. The van der Waals surface area contributed by atoms with Gasteiger partial charge >= 0.3 is 0 Å². The molecule has 0 radical (unpaired) electrons. The maximum Gasteiger partial charge on any atom is 0.117 e. The van der Waals surface area contributed by atoms with E-state index in [0.717, 1.165) is 17.8 Å². The van der Waals surface area contributed by atoms with Gasteiger partial charge in [0, 0.05) is 35.8 Å². The summed E-state index contributed by atoms with van der Waals surface area (Å²) in [5, 5.41) is 9.37. The molecule has 0 atom stereocenters. The highest BCUT2D eigenvalue weighted by Gasteiger charge is 2.05. The van der Waals surface area contributed by atoms with Crippen LogP contribution in [0.15, 0.2) is 35.3 Å². The lowest BCUT2D eigenvalue weighted by Crippen LogP contribution is -1.99. The number of aromatic hydroxyl groups is 1. The van der Waals surface area contributed by atoms with Gasteiger partial charge in [0.15, 0.2) is 0 Å². The third-order valence-electron chi connectivity index (χ3n) is 3.11. The molecule has 1 N–H and O–H groups in total. The Bertz CT molecular complexity index is 582. The summed E-state index contributed by atoms with van der Waals surface area (Å²) in [6.07, 6.45) is 1.85. The fourth-order valence-electron chi connectivity index (χ4n) is 2.16. The van der Waals surface area contributed by atoms with Crippen LogP contribution in [-0.4, -0.2) is 15.9 Å². The van der Waals surface area contributed by atoms with Crippen molar-refractivity contribution in [3.8, 4) is 5.75 Å². The molecule has 3 heteroatoms. The first kappa shape index (κ1) is 12.4. The molecular weight excluding hydrogens is 224 g/mol. The maximum absolute atomic E-state index is 9.37. The smallest absolute Gasteiger partial charge is 0.117 e. The normalized spacial score (nSPS) is 11.3. The van der Waals surface area contributed by atoms with E-state index in [2.05, 4.69) is 36.4 Å². The van der Waals surface area contributed by atoms with Crippen molar-refractivity contribution in [3.63, 3.8) is 0 Å². The van der Waals surface area contributed by atoms with Crippen molar-refractivity contribution in [2.45, 2.75) is 27.3 Å². The van der Waals surface area contributed by atoms with Crippen LogP contribution in [-0.2, 0) is 6.54 Å². The van der Waals surface area contributed by atoms with E-state index in [0.29, 0.717) is 0 Å². The first-order valence-electron chi connectivity index (χ1n) is 6.11. The average molecular weight is 242 g/mol. The highest BCUT2D eigenvalue weighted by atomic mass is 16.3. The van der Waals surface area contributed by atoms with Crippen LogP contribution >= 0.6 is 0 Å². The van der Waals surface area contributed by atoms with Gasteiger partial charge in [0.05, 0.1) is 5.69 Å². The molecule has 0 aliphatic carbocycles. The van der Waals surface area contributed by atoms with Gasteiger partial charge in [-0.15, -0.1) is 0 Å². The summed E-state index contributed by atoms with van der Waals surface area (Å²) < 4.78 is 2.25. The molecule has 1 aromatic heterocycles. The van der Waals surface area contributed by atoms with Crippen LogP contribution in [0.25, 0.3) is 0 Å². The van der Waals surface area contributed by atoms with E-state index in [1.165, 1.54) is 11.4 Å². The summed E-state index contributed by atoms with van der Waals surface area (Å²) in [5.74, 6) is 0.240. The zero-order valence-electron chi connectivity index (χ0n) is 11.0. The molecule has 2 rings (SSSR count). The van der Waals surface area contributed by atoms with Crippen LogP contribution in [0.2, 0.25) is 0 Å². The quantitative estimate of drug-likeness (QED) is 0.821. The second kappa shape index (κ2) is 5.08. The van der Waals surface area contributed by atoms with Crippen LogP contribution in [0.1, 0.15) is 23.9 Å². The van der Waals surface area contributed by atoms with E-state index >= 15 is 0 Å². The van der Waals surface area contributed by atoms with E-state index in [-0.39, 0.29) is 5.75 Å². The second-order valence-corrected chi connectivity index (χ2v) is 4.35. The Morgan fingerprint density at radius 3 is 2.67 bits per heavy atom. The lowest BCUT2D eigenvalue weighted by Gasteiger charge is -2.04. The first-order valence-corrected chi connectivity index (χ1v) is 6.11. The third-order valence-corrected chi connectivity index (χ3v) is 3.11. The average Bonchev–Trinajstić information content (AvgIpc) is 2.61. The van der Waals surface area contributed by atoms with Gasteiger partial charge in [0.25, 0.3) is 0 Å². The van der Waals surface area contributed by atoms with Gasteiger partial charge in [-0.3, -0.25) is 4.99 Å². The molecule has 0 bridgehead atoms. The van der Waals surface area contributed by atoms with Gasteiger partial charge in [0.2, 0.25) is 0 Å². The largest absolute Gasteiger partial charge is 0.508 e. The number of hydrogen-bond donors (Lipinski definition) is 1. The predicted octanol–water partition coefficient (Wildman–Crippen LogP) is 3.58. The zero-order chi connectivity index (χ0) is 13.1. The van der Waals surface area contributed by atoms with Crippen LogP contribution in [0.4, 0.5) is 5.69 Å². The number of nitrogens with zero attached hydrogens (tertiary/aromatic N) is 2. The Morgan fingerprint density at radius 1 is 1.28 bits per heavy atom. The van der Waals surface area contributed by atoms with Gasteiger partial charge in [-0.25, -0.2) is 0 Å². The van der Waals surface area contributed by atoms with E-state index in [1.807, 2.05) is 12.3 Å². The molecule has 0 amide bonds. The minimum Gasteiger partial charge on any atom is -0.508 e. The topological polar surface area (TPSA) is 37.5 Å². The monoisotopic (exact) mass is 242 g/mol. The highest BCUT2D eigenvalue weighted by Crippen LogP contribution is 2.19. The van der Waals surface area contributed by atoms with Crippen molar-refractivity contribution in [1.29, 1.82) is 0 Å². The maximum atomic E-state index is 9.37. The number of hydrogen-bond acceptors (Lipinski definition) is 2. The molecule has 1 heterocycles. The molecule has 0 aliphatic heterocycles. The van der Waals surface area contributed by atoms with E-state index in [4.69, 9.17) is 0 Å². The van der Waals surface area contributed by atoms with Crippen LogP contribution in [0, 0.1) is 13.8 Å². The SMILES string of the molecule is CCn1c(C)cc(C=Nc2cccc(O)c2)c1C. The van der Waals surface area contributed by atoms with Gasteiger partial charge in [-0.1, -0.05) is 6.07 Å². The van der Waals surface area contributed by atoms with Crippen molar-refractivity contribution in [2.24, 2.45) is 4.99 Å². The summed E-state index contributed by atoms with van der Waals surface area (Å²) in [6.45, 7) is 7.30. The second-order valence-electron chi connectivity index (χ2n) is 4.35. The number of rotatable bonds is 3. The number of benzene rings is 1. The van der Waals surface area contributed by atoms with E-state index in [1.54, 1.807) is 18.2 Å². The fraction of sp³-hybridized carbons (Fsp3) is 0.267. The van der Waals surface area contributed by atoms with Gasteiger partial charge in [0.1, 0.15) is 5.75 Å². The third kappa shape index (κ3) is 2.45. The lowest BCUT2D eigenvalue weighted by atomic mass is 10.2. The van der Waals surface area contributed by atoms with Gasteiger partial charge < -0.3 is 9.67 Å². The minimum atomic E-state index is 0.240. The Hall–Kier alpha value is -2.03. The summed E-state index contributed by atoms with van der Waals surface area (Å²) in [5.41, 5.74) is 4.35. The Balaban J connectivity index is 2.29. The summed E-state index contributed by atoms with van der Waals surface area (Å²) in [4.78, 5) is 4.39. The number of phenolic OH excluding ortho intramolecular Hbond substituents is 1. The number of aliphatic imine (C=N–C) groups is 1. The molecule has 0 fully saturated rings. The molecule has 2 aromatic rings. The molecule has 94 valence electrons. The van der Waals surface area contributed by atoms with Gasteiger partial charge in [-0.2, -0.15) is 0 Å². The Kier molecular flexibility index (Phi) is 3.51. The Labute approximate surface area is 107 Å². The molecule has 0 saturated heterocycles. The molecule has 1 aromatic carbocycles. The fourth-order valence-corrected chi connectivity index (χ4v) is 2.16. The molecule has 0 aliphatic rings. The first-order chi connectivity index (χ1) is 8.61. The number of aromatic nitrogens is 1. The van der Waals surface area contributed by atoms with Crippen molar-refractivity contribution < 1.29 is 5.11 Å².